The van der Waals surface area contributed by atoms with Crippen LogP contribution < -0.4 is 0 Å². The van der Waals surface area contributed by atoms with Gasteiger partial charge in [0, 0.05) is 67.2 Å². The average molecular weight is 479 g/mol. The predicted molar refractivity (Wildman–Crippen MR) is 135 cm³/mol. The number of allylic oxidation sites excluding steroid dienone is 1. The van der Waals surface area contributed by atoms with Crippen LogP contribution in [0.2, 0.25) is 0 Å². The maximum Gasteiger partial charge on any atom is 0.264 e. The molecule has 1 fully saturated rings. The van der Waals surface area contributed by atoms with Crippen molar-refractivity contribution in [3.63, 3.8) is 0 Å². The van der Waals surface area contributed by atoms with Gasteiger partial charge in [-0.1, -0.05) is 24.3 Å². The molecule has 1 aromatic carbocycles. The van der Waals surface area contributed by atoms with E-state index in [9.17, 15) is 4.79 Å². The number of carbonyl (C=O) groups excluding carboxylic acids is 1. The maximum atomic E-state index is 12.4. The molecule has 3 aromatic heterocycles. The third kappa shape index (κ3) is 4.66. The van der Waals surface area contributed by atoms with Crippen molar-refractivity contribution in [3.8, 4) is 39.7 Å². The van der Waals surface area contributed by atoms with E-state index in [0.717, 1.165) is 40.7 Å². The number of nitriles is 1. The molecule has 0 saturated carbocycles. The molecule has 9 heteroatoms. The maximum absolute atomic E-state index is 12.4. The topological polar surface area (TPSA) is 106 Å². The Balaban J connectivity index is 1.26. The van der Waals surface area contributed by atoms with Crippen molar-refractivity contribution in [3.05, 3.63) is 73.1 Å². The summed E-state index contributed by atoms with van der Waals surface area (Å²) in [6, 6.07) is 10.3. The van der Waals surface area contributed by atoms with Crippen molar-refractivity contribution in [1.29, 1.82) is 5.26 Å². The third-order valence-corrected chi connectivity index (χ3v) is 6.51. The Bertz CT molecular complexity index is 1450. The molecule has 0 bridgehead atoms. The highest BCUT2D eigenvalue weighted by atomic mass is 16.2. The quantitative estimate of drug-likeness (QED) is 0.317. The van der Waals surface area contributed by atoms with Gasteiger partial charge in [-0.05, 0) is 31.4 Å². The zero-order valence-corrected chi connectivity index (χ0v) is 20.2. The van der Waals surface area contributed by atoms with E-state index < -0.39 is 0 Å². The minimum Gasteiger partial charge on any atom is -0.338 e. The first kappa shape index (κ1) is 23.2. The molecule has 4 aromatic rings. The van der Waals surface area contributed by atoms with Gasteiger partial charge in [-0.3, -0.25) is 14.2 Å². The molecule has 9 nitrogen and oxygen atoms in total. The van der Waals surface area contributed by atoms with Gasteiger partial charge in [-0.25, -0.2) is 9.97 Å². The number of aryl methyl sites for hydroxylation is 1. The van der Waals surface area contributed by atoms with Crippen molar-refractivity contribution in [2.24, 2.45) is 7.05 Å². The third-order valence-electron chi connectivity index (χ3n) is 6.51. The van der Waals surface area contributed by atoms with Crippen molar-refractivity contribution in [1.82, 2.24) is 34.4 Å². The number of benzene rings is 1. The molecule has 1 aliphatic heterocycles. The van der Waals surface area contributed by atoms with Crippen molar-refractivity contribution in [2.75, 3.05) is 13.1 Å². The first-order chi connectivity index (χ1) is 17.6. The Hall–Kier alpha value is -4.58. The lowest BCUT2D eigenvalue weighted by atomic mass is 10.0. The first-order valence-electron chi connectivity index (χ1n) is 11.9. The van der Waals surface area contributed by atoms with Crippen LogP contribution in [0.4, 0.5) is 0 Å². The summed E-state index contributed by atoms with van der Waals surface area (Å²) in [6.07, 6.45) is 14.4. The predicted octanol–water partition coefficient (Wildman–Crippen LogP) is 4.04. The molecule has 0 radical (unpaired) electrons. The summed E-state index contributed by atoms with van der Waals surface area (Å²) >= 11 is 0. The normalized spacial score (nSPS) is 14.6. The Labute approximate surface area is 209 Å². The first-order valence-corrected chi connectivity index (χ1v) is 11.9. The number of carbonyl (C=O) groups is 1. The minimum absolute atomic E-state index is 0.192. The summed E-state index contributed by atoms with van der Waals surface area (Å²) in [5.74, 6) is 0.467. The molecule has 0 N–H and O–H groups in total. The number of amides is 1. The lowest BCUT2D eigenvalue weighted by molar-refractivity contribution is -0.128. The van der Waals surface area contributed by atoms with Crippen LogP contribution in [0.25, 0.3) is 33.6 Å². The highest BCUT2D eigenvalue weighted by Gasteiger charge is 2.26. The summed E-state index contributed by atoms with van der Waals surface area (Å²) in [4.78, 5) is 23.4. The van der Waals surface area contributed by atoms with Crippen LogP contribution in [0.1, 0.15) is 25.8 Å². The van der Waals surface area contributed by atoms with Crippen molar-refractivity contribution in [2.45, 2.75) is 25.8 Å². The summed E-state index contributed by atoms with van der Waals surface area (Å²) in [6.45, 7) is 2.92. The lowest BCUT2D eigenvalue weighted by Crippen LogP contribution is -2.39. The van der Waals surface area contributed by atoms with E-state index in [4.69, 9.17) is 5.26 Å². The van der Waals surface area contributed by atoms with Crippen LogP contribution in [0, 0.1) is 11.3 Å². The molecule has 180 valence electrons. The monoisotopic (exact) mass is 478 g/mol. The largest absolute Gasteiger partial charge is 0.338 e. The van der Waals surface area contributed by atoms with Gasteiger partial charge in [0.05, 0.1) is 18.4 Å². The molecule has 1 amide bonds. The van der Waals surface area contributed by atoms with E-state index in [1.807, 2.05) is 73.2 Å². The average Bonchev–Trinajstić information content (AvgIpc) is 3.59. The molecule has 0 aliphatic carbocycles. The second-order valence-corrected chi connectivity index (χ2v) is 8.83. The van der Waals surface area contributed by atoms with Crippen molar-refractivity contribution < 1.29 is 4.79 Å². The fourth-order valence-electron chi connectivity index (χ4n) is 4.46. The minimum atomic E-state index is -0.192. The summed E-state index contributed by atoms with van der Waals surface area (Å²) in [5, 5.41) is 17.9. The number of nitrogens with zero attached hydrogens (tertiary/aromatic N) is 8. The number of hydrogen-bond acceptors (Lipinski definition) is 6. The number of piperidine rings is 1. The second-order valence-electron chi connectivity index (χ2n) is 8.83. The van der Waals surface area contributed by atoms with Gasteiger partial charge in [0.2, 0.25) is 0 Å². The van der Waals surface area contributed by atoms with Crippen LogP contribution in [-0.2, 0) is 11.8 Å². The molecule has 1 aliphatic rings. The number of aromatic nitrogens is 6. The molecule has 5 rings (SSSR count). The molecule has 0 unspecified atom stereocenters. The molecule has 0 atom stereocenters. The Morgan fingerprint density at radius 3 is 2.33 bits per heavy atom. The van der Waals surface area contributed by atoms with Gasteiger partial charge in [0.1, 0.15) is 11.6 Å². The molecule has 4 heterocycles. The van der Waals surface area contributed by atoms with E-state index >= 15 is 0 Å². The van der Waals surface area contributed by atoms with E-state index in [-0.39, 0.29) is 17.5 Å². The molecule has 1 saturated heterocycles. The fraction of sp³-hybridized carbons (Fsp3) is 0.259. The summed E-state index contributed by atoms with van der Waals surface area (Å²) < 4.78 is 3.74. The molecule has 36 heavy (non-hydrogen) atoms. The molecular weight excluding hydrogens is 452 g/mol. The summed E-state index contributed by atoms with van der Waals surface area (Å²) in [5.41, 5.74) is 5.10. The Morgan fingerprint density at radius 2 is 1.67 bits per heavy atom. The van der Waals surface area contributed by atoms with Crippen LogP contribution in [-0.4, -0.2) is 53.4 Å². The van der Waals surface area contributed by atoms with E-state index in [0.29, 0.717) is 18.9 Å². The van der Waals surface area contributed by atoms with E-state index in [2.05, 4.69) is 26.2 Å². The Kier molecular flexibility index (Phi) is 6.41. The van der Waals surface area contributed by atoms with Crippen LogP contribution >= 0.6 is 0 Å². The Morgan fingerprint density at radius 1 is 0.972 bits per heavy atom. The summed E-state index contributed by atoms with van der Waals surface area (Å²) in [7, 11) is 1.90. The van der Waals surface area contributed by atoms with E-state index in [1.54, 1.807) is 22.6 Å². The van der Waals surface area contributed by atoms with Crippen LogP contribution in [0.3, 0.4) is 0 Å². The number of hydrogen-bond donors (Lipinski definition) is 0. The van der Waals surface area contributed by atoms with Gasteiger partial charge < -0.3 is 4.90 Å². The molecular formula is C27H26N8O. The van der Waals surface area contributed by atoms with Crippen molar-refractivity contribution >= 4 is 5.91 Å². The number of likely N-dealkylation sites (tertiary alicyclic amines) is 1. The van der Waals surface area contributed by atoms with Gasteiger partial charge in [0.25, 0.3) is 5.91 Å². The fourth-order valence-corrected chi connectivity index (χ4v) is 4.46. The van der Waals surface area contributed by atoms with Gasteiger partial charge in [-0.2, -0.15) is 15.5 Å². The van der Waals surface area contributed by atoms with Gasteiger partial charge in [0.15, 0.2) is 5.82 Å². The van der Waals surface area contributed by atoms with Gasteiger partial charge in [-0.15, -0.1) is 0 Å². The van der Waals surface area contributed by atoms with Crippen LogP contribution in [0.5, 0.6) is 0 Å². The SMILES string of the molecule is C/C=C(/C#N)C(=O)N1CCC(n2cc(-c3cnc(-c4cccc(-c5cnn(C)c5)c4)nc3)cn2)CC1. The highest BCUT2D eigenvalue weighted by Crippen LogP contribution is 2.27. The van der Waals surface area contributed by atoms with Gasteiger partial charge >= 0.3 is 0 Å². The second kappa shape index (κ2) is 9.96. The standard InChI is InChI=1S/C27H26N8O/c1-3-19(12-28)27(36)34-9-7-25(8-10-34)35-18-24(16-32-35)22-13-29-26(30-14-22)21-6-4-5-20(11-21)23-15-31-33(2)17-23/h3-6,11,13-18,25H,7-10H2,1-2H3/b19-3-. The van der Waals surface area contributed by atoms with E-state index in [1.165, 1.54) is 0 Å². The zero-order chi connectivity index (χ0) is 25.1. The van der Waals surface area contributed by atoms with Crippen LogP contribution in [0.15, 0.2) is 73.1 Å². The molecule has 0 spiro atoms. The lowest BCUT2D eigenvalue weighted by Gasteiger charge is -2.31. The number of rotatable bonds is 5. The zero-order valence-electron chi connectivity index (χ0n) is 20.2. The highest BCUT2D eigenvalue weighted by molar-refractivity contribution is 5.97. The smallest absolute Gasteiger partial charge is 0.264 e.